The zero-order valence-electron chi connectivity index (χ0n) is 10.6. The van der Waals surface area contributed by atoms with Gasteiger partial charge in [-0.15, -0.1) is 0 Å². The van der Waals surface area contributed by atoms with Crippen molar-refractivity contribution in [3.05, 3.63) is 0 Å². The standard InChI is InChI=1S/C8H18N2O2.CH4O.CH2O/c1-8(2,3)12-7(11)10-6-4-5-9;2*1-2/h4-6,9H2,1-3H3,(H,10,11);2H,1H3;1H2. The molecule has 16 heavy (non-hydrogen) atoms. The molecule has 0 saturated carbocycles. The SMILES string of the molecule is C=O.CC(C)(C)OC(=O)NCCCN.CO. The van der Waals surface area contributed by atoms with Gasteiger partial charge < -0.3 is 25.7 Å². The first-order valence-electron chi connectivity index (χ1n) is 4.86. The monoisotopic (exact) mass is 236 g/mol. The minimum absolute atomic E-state index is 0.379. The number of aliphatic hydroxyl groups is 1. The molecule has 0 aromatic heterocycles. The van der Waals surface area contributed by atoms with Gasteiger partial charge in [0.25, 0.3) is 0 Å². The topological polar surface area (TPSA) is 102 Å². The number of amides is 1. The summed E-state index contributed by atoms with van der Waals surface area (Å²) in [5.74, 6) is 0. The van der Waals surface area contributed by atoms with Crippen LogP contribution < -0.4 is 11.1 Å². The minimum atomic E-state index is -0.424. The van der Waals surface area contributed by atoms with E-state index >= 15 is 0 Å². The van der Waals surface area contributed by atoms with Crippen LogP contribution in [0.15, 0.2) is 0 Å². The lowest BCUT2D eigenvalue weighted by molar-refractivity contribution is -0.0980. The second-order valence-corrected chi connectivity index (χ2v) is 3.57. The lowest BCUT2D eigenvalue weighted by Gasteiger charge is -2.19. The van der Waals surface area contributed by atoms with E-state index in [1.165, 1.54) is 0 Å². The average Bonchev–Trinajstić information content (AvgIpc) is 2.21. The van der Waals surface area contributed by atoms with Gasteiger partial charge >= 0.3 is 6.09 Å². The second-order valence-electron chi connectivity index (χ2n) is 3.57. The fraction of sp³-hybridized carbons (Fsp3) is 0.800. The van der Waals surface area contributed by atoms with Crippen molar-refractivity contribution in [2.45, 2.75) is 32.8 Å². The number of nitrogens with one attached hydrogen (secondary N) is 1. The van der Waals surface area contributed by atoms with E-state index in [1.807, 2.05) is 27.6 Å². The van der Waals surface area contributed by atoms with Crippen LogP contribution in [0.25, 0.3) is 0 Å². The molecular formula is C10H24N2O4. The van der Waals surface area contributed by atoms with Crippen molar-refractivity contribution < 1.29 is 19.4 Å². The fourth-order valence-electron chi connectivity index (χ4n) is 0.607. The van der Waals surface area contributed by atoms with Crippen molar-refractivity contribution in [1.29, 1.82) is 0 Å². The van der Waals surface area contributed by atoms with Crippen molar-refractivity contribution in [2.24, 2.45) is 5.73 Å². The highest BCUT2D eigenvalue weighted by atomic mass is 16.6. The van der Waals surface area contributed by atoms with Gasteiger partial charge in [-0.25, -0.2) is 4.79 Å². The smallest absolute Gasteiger partial charge is 0.407 e. The van der Waals surface area contributed by atoms with E-state index < -0.39 is 5.60 Å². The number of carbonyl (C=O) groups excluding carboxylic acids is 2. The molecule has 0 fully saturated rings. The van der Waals surface area contributed by atoms with E-state index in [2.05, 4.69) is 5.32 Å². The summed E-state index contributed by atoms with van der Waals surface area (Å²) in [5, 5.41) is 9.60. The summed E-state index contributed by atoms with van der Waals surface area (Å²) in [6, 6.07) is 0. The van der Waals surface area contributed by atoms with Gasteiger partial charge in [-0.1, -0.05) is 0 Å². The largest absolute Gasteiger partial charge is 0.444 e. The first kappa shape index (κ1) is 20.3. The number of hydrogen-bond donors (Lipinski definition) is 3. The predicted octanol–water partition coefficient (Wildman–Crippen LogP) is 0.284. The van der Waals surface area contributed by atoms with Gasteiger partial charge in [-0.05, 0) is 33.7 Å². The first-order valence-corrected chi connectivity index (χ1v) is 4.86. The Labute approximate surface area is 97.2 Å². The molecule has 0 aliphatic heterocycles. The Morgan fingerprint density at radius 1 is 1.38 bits per heavy atom. The molecule has 0 unspecified atom stereocenters. The van der Waals surface area contributed by atoms with Crippen molar-refractivity contribution in [1.82, 2.24) is 5.32 Å². The van der Waals surface area contributed by atoms with Crippen molar-refractivity contribution in [3.8, 4) is 0 Å². The Hall–Kier alpha value is -1.14. The Bertz CT molecular complexity index is 157. The van der Waals surface area contributed by atoms with E-state index in [0.29, 0.717) is 13.1 Å². The van der Waals surface area contributed by atoms with Gasteiger partial charge in [0, 0.05) is 13.7 Å². The number of alkyl carbamates (subject to hydrolysis) is 1. The van der Waals surface area contributed by atoms with E-state index in [1.54, 1.807) is 0 Å². The van der Waals surface area contributed by atoms with Gasteiger partial charge in [0.2, 0.25) is 0 Å². The van der Waals surface area contributed by atoms with Crippen LogP contribution in [0.1, 0.15) is 27.2 Å². The van der Waals surface area contributed by atoms with Crippen molar-refractivity contribution in [2.75, 3.05) is 20.2 Å². The van der Waals surface area contributed by atoms with Crippen LogP contribution in [0.3, 0.4) is 0 Å². The van der Waals surface area contributed by atoms with Crippen LogP contribution in [0.5, 0.6) is 0 Å². The van der Waals surface area contributed by atoms with E-state index in [9.17, 15) is 4.79 Å². The Morgan fingerprint density at radius 2 is 1.81 bits per heavy atom. The van der Waals surface area contributed by atoms with Crippen molar-refractivity contribution >= 4 is 12.9 Å². The van der Waals surface area contributed by atoms with Gasteiger partial charge in [0.1, 0.15) is 12.4 Å². The third kappa shape index (κ3) is 23.0. The third-order valence-corrected chi connectivity index (χ3v) is 1.05. The molecule has 6 heteroatoms. The van der Waals surface area contributed by atoms with Crippen LogP contribution in [0, 0.1) is 0 Å². The first-order chi connectivity index (χ1) is 7.45. The fourth-order valence-corrected chi connectivity index (χ4v) is 0.607. The number of aliphatic hydroxyl groups excluding tert-OH is 1. The molecule has 0 atom stereocenters. The zero-order valence-corrected chi connectivity index (χ0v) is 10.6. The quantitative estimate of drug-likeness (QED) is 0.611. The van der Waals surface area contributed by atoms with Crippen LogP contribution >= 0.6 is 0 Å². The van der Waals surface area contributed by atoms with Gasteiger partial charge in [0.05, 0.1) is 0 Å². The summed E-state index contributed by atoms with van der Waals surface area (Å²) in [6.07, 6.45) is 0.398. The van der Waals surface area contributed by atoms with Crippen LogP contribution in [0.4, 0.5) is 4.79 Å². The number of nitrogens with two attached hydrogens (primary N) is 1. The lowest BCUT2D eigenvalue weighted by Crippen LogP contribution is -2.33. The number of ether oxygens (including phenoxy) is 1. The molecule has 1 amide bonds. The Kier molecular flexibility index (Phi) is 17.6. The van der Waals surface area contributed by atoms with Gasteiger partial charge in [-0.2, -0.15) is 0 Å². The Morgan fingerprint density at radius 3 is 2.12 bits per heavy atom. The molecule has 0 spiro atoms. The Balaban J connectivity index is -0.000000376. The van der Waals surface area contributed by atoms with Gasteiger partial charge in [-0.3, -0.25) is 0 Å². The van der Waals surface area contributed by atoms with E-state index in [0.717, 1.165) is 13.5 Å². The maximum Gasteiger partial charge on any atom is 0.407 e. The number of hydrogen-bond acceptors (Lipinski definition) is 5. The molecule has 0 aromatic rings. The highest BCUT2D eigenvalue weighted by Crippen LogP contribution is 2.05. The summed E-state index contributed by atoms with van der Waals surface area (Å²) < 4.78 is 4.99. The molecule has 4 N–H and O–H groups in total. The molecule has 0 aliphatic carbocycles. The molecule has 0 heterocycles. The van der Waals surface area contributed by atoms with Crippen molar-refractivity contribution in [3.63, 3.8) is 0 Å². The van der Waals surface area contributed by atoms with Crippen LogP contribution in [-0.2, 0) is 9.53 Å². The second kappa shape index (κ2) is 13.9. The third-order valence-electron chi connectivity index (χ3n) is 1.05. The molecule has 0 aromatic carbocycles. The molecule has 0 saturated heterocycles. The molecule has 98 valence electrons. The zero-order chi connectivity index (χ0) is 13.6. The summed E-state index contributed by atoms with van der Waals surface area (Å²) >= 11 is 0. The molecule has 0 bridgehead atoms. The minimum Gasteiger partial charge on any atom is -0.444 e. The normalized spacial score (nSPS) is 8.88. The highest BCUT2D eigenvalue weighted by Gasteiger charge is 2.14. The molecular weight excluding hydrogens is 212 g/mol. The summed E-state index contributed by atoms with van der Waals surface area (Å²) in [6.45, 7) is 8.64. The van der Waals surface area contributed by atoms with Crippen LogP contribution in [-0.4, -0.2) is 43.8 Å². The maximum absolute atomic E-state index is 11.0. The number of carbonyl (C=O) groups is 2. The van der Waals surface area contributed by atoms with Crippen LogP contribution in [0.2, 0.25) is 0 Å². The summed E-state index contributed by atoms with van der Waals surface area (Å²) in [4.78, 5) is 19.0. The molecule has 0 aliphatic rings. The average molecular weight is 236 g/mol. The maximum atomic E-state index is 11.0. The lowest BCUT2D eigenvalue weighted by atomic mass is 10.2. The summed E-state index contributed by atoms with van der Waals surface area (Å²) in [7, 11) is 1.00. The van der Waals surface area contributed by atoms with Gasteiger partial charge in [0.15, 0.2) is 0 Å². The van der Waals surface area contributed by atoms with E-state index in [-0.39, 0.29) is 6.09 Å². The summed E-state index contributed by atoms with van der Waals surface area (Å²) in [5.41, 5.74) is 4.83. The number of rotatable bonds is 3. The molecule has 0 radical (unpaired) electrons. The highest BCUT2D eigenvalue weighted by molar-refractivity contribution is 5.67. The molecule has 0 rings (SSSR count). The predicted molar refractivity (Wildman–Crippen MR) is 63.2 cm³/mol. The van der Waals surface area contributed by atoms with E-state index in [4.69, 9.17) is 20.4 Å². The molecule has 6 nitrogen and oxygen atoms in total.